The molecule has 0 heterocycles. The molecule has 0 atom stereocenters. The lowest BCUT2D eigenvalue weighted by Gasteiger charge is -2.12. The molecule has 0 aromatic heterocycles. The van der Waals surface area contributed by atoms with E-state index in [4.69, 9.17) is 33.9 Å². The Hall–Kier alpha value is -2.18. The lowest BCUT2D eigenvalue weighted by molar-refractivity contribution is 0.223. The Balaban J connectivity index is 0.000000280. The first-order chi connectivity index (χ1) is 13.4. The molecule has 2 aromatic rings. The van der Waals surface area contributed by atoms with Crippen molar-refractivity contribution in [3.8, 4) is 0 Å². The molecule has 0 saturated carbocycles. The van der Waals surface area contributed by atoms with Crippen molar-refractivity contribution in [3.05, 3.63) is 71.8 Å². The van der Waals surface area contributed by atoms with Crippen LogP contribution < -0.4 is 10.6 Å². The Kier molecular flexibility index (Phi) is 11.9. The summed E-state index contributed by atoms with van der Waals surface area (Å²) >= 11 is 9.99. The van der Waals surface area contributed by atoms with Gasteiger partial charge in [0, 0.05) is 13.1 Å². The van der Waals surface area contributed by atoms with Gasteiger partial charge in [0.1, 0.15) is 0 Å². The van der Waals surface area contributed by atoms with E-state index >= 15 is 0 Å². The molecule has 0 amide bonds. The summed E-state index contributed by atoms with van der Waals surface area (Å²) < 4.78 is 10.6. The van der Waals surface area contributed by atoms with Crippen LogP contribution in [0.25, 0.3) is 0 Å². The molecule has 152 valence electrons. The highest BCUT2D eigenvalue weighted by Crippen LogP contribution is 1.99. The maximum Gasteiger partial charge on any atom is 0.257 e. The number of hydrogen-bond acceptors (Lipinski definition) is 4. The normalized spacial score (nSPS) is 9.93. The van der Waals surface area contributed by atoms with Gasteiger partial charge in [0.15, 0.2) is 0 Å². The summed E-state index contributed by atoms with van der Waals surface area (Å²) in [4.78, 5) is 0. The van der Waals surface area contributed by atoms with Crippen molar-refractivity contribution in [3.63, 3.8) is 0 Å². The minimum Gasteiger partial charge on any atom is -0.468 e. The molecule has 0 spiro atoms. The van der Waals surface area contributed by atoms with Crippen molar-refractivity contribution in [2.45, 2.75) is 53.0 Å². The van der Waals surface area contributed by atoms with Crippen LogP contribution in [0.15, 0.2) is 60.7 Å². The molecule has 4 nitrogen and oxygen atoms in total. The largest absolute Gasteiger partial charge is 0.468 e. The Bertz CT molecular complexity index is 631. The molecule has 2 aromatic carbocycles. The molecule has 0 bridgehead atoms. The lowest BCUT2D eigenvalue weighted by atomic mass is 10.2. The second-order valence-corrected chi connectivity index (χ2v) is 7.33. The van der Waals surface area contributed by atoms with Gasteiger partial charge in [0.2, 0.25) is 0 Å². The highest BCUT2D eigenvalue weighted by Gasteiger charge is 2.00. The Morgan fingerprint density at radius 3 is 1.29 bits per heavy atom. The van der Waals surface area contributed by atoms with Crippen LogP contribution >= 0.6 is 24.4 Å². The first-order valence-corrected chi connectivity index (χ1v) is 10.1. The number of hydrogen-bond donors (Lipinski definition) is 2. The fourth-order valence-electron chi connectivity index (χ4n) is 2.05. The number of rotatable bonds is 6. The van der Waals surface area contributed by atoms with Gasteiger partial charge in [-0.15, -0.1) is 0 Å². The molecular weight excluding hydrogens is 388 g/mol. The first-order valence-electron chi connectivity index (χ1n) is 9.33. The topological polar surface area (TPSA) is 42.5 Å². The van der Waals surface area contributed by atoms with Crippen LogP contribution in [0.5, 0.6) is 0 Å². The summed E-state index contributed by atoms with van der Waals surface area (Å²) in [5.74, 6) is 0. The molecular formula is C22H30N2O2S2. The first kappa shape index (κ1) is 23.9. The second-order valence-electron chi connectivity index (χ2n) is 6.59. The quantitative estimate of drug-likeness (QED) is 0.646. The van der Waals surface area contributed by atoms with E-state index in [-0.39, 0.29) is 12.2 Å². The van der Waals surface area contributed by atoms with E-state index in [2.05, 4.69) is 10.6 Å². The molecule has 0 fully saturated rings. The maximum absolute atomic E-state index is 5.29. The molecule has 2 rings (SSSR count). The van der Waals surface area contributed by atoms with Crippen LogP contribution in [0.1, 0.15) is 38.8 Å². The van der Waals surface area contributed by atoms with Gasteiger partial charge in [-0.1, -0.05) is 60.7 Å². The van der Waals surface area contributed by atoms with Crippen LogP contribution in [0.2, 0.25) is 0 Å². The zero-order valence-corrected chi connectivity index (χ0v) is 18.6. The van der Waals surface area contributed by atoms with Gasteiger partial charge in [0.25, 0.3) is 10.3 Å². The van der Waals surface area contributed by atoms with Crippen molar-refractivity contribution in [2.24, 2.45) is 0 Å². The minimum atomic E-state index is 0.130. The Morgan fingerprint density at radius 1 is 0.679 bits per heavy atom. The summed E-state index contributed by atoms with van der Waals surface area (Å²) in [6.07, 6.45) is 0.261. The Morgan fingerprint density at radius 2 is 1.00 bits per heavy atom. The van der Waals surface area contributed by atoms with E-state index in [1.54, 1.807) is 0 Å². The van der Waals surface area contributed by atoms with E-state index in [0.29, 0.717) is 23.4 Å². The van der Waals surface area contributed by atoms with Crippen LogP contribution in [0.4, 0.5) is 0 Å². The third kappa shape index (κ3) is 12.3. The molecule has 0 radical (unpaired) electrons. The van der Waals surface area contributed by atoms with Crippen molar-refractivity contribution in [1.82, 2.24) is 10.6 Å². The summed E-state index contributed by atoms with van der Waals surface area (Å²) in [7, 11) is 0. The van der Waals surface area contributed by atoms with Crippen molar-refractivity contribution < 1.29 is 9.47 Å². The Labute approximate surface area is 179 Å². The zero-order valence-electron chi connectivity index (χ0n) is 17.0. The van der Waals surface area contributed by atoms with Crippen molar-refractivity contribution in [1.29, 1.82) is 0 Å². The van der Waals surface area contributed by atoms with Crippen LogP contribution in [-0.2, 0) is 22.6 Å². The molecule has 0 saturated heterocycles. The highest BCUT2D eigenvalue weighted by atomic mass is 32.1. The molecule has 0 unspecified atom stereocenters. The number of nitrogens with one attached hydrogen (secondary N) is 2. The summed E-state index contributed by atoms with van der Waals surface area (Å²) in [6.45, 7) is 9.25. The van der Waals surface area contributed by atoms with Crippen molar-refractivity contribution in [2.75, 3.05) is 0 Å². The van der Waals surface area contributed by atoms with Gasteiger partial charge in [-0.3, -0.25) is 0 Å². The van der Waals surface area contributed by atoms with Gasteiger partial charge in [-0.05, 0) is 63.3 Å². The molecule has 0 aliphatic heterocycles. The van der Waals surface area contributed by atoms with E-state index in [0.717, 1.165) is 0 Å². The van der Waals surface area contributed by atoms with Gasteiger partial charge < -0.3 is 20.1 Å². The average molecular weight is 419 g/mol. The summed E-state index contributed by atoms with van der Waals surface area (Å²) in [5, 5.41) is 7.00. The van der Waals surface area contributed by atoms with E-state index in [9.17, 15) is 0 Å². The average Bonchev–Trinajstić information content (AvgIpc) is 2.66. The van der Waals surface area contributed by atoms with Gasteiger partial charge >= 0.3 is 0 Å². The number of ether oxygens (including phenoxy) is 2. The van der Waals surface area contributed by atoms with E-state index < -0.39 is 0 Å². The van der Waals surface area contributed by atoms with Crippen LogP contribution in [0.3, 0.4) is 0 Å². The molecule has 2 N–H and O–H groups in total. The zero-order chi connectivity index (χ0) is 20.8. The number of benzene rings is 2. The van der Waals surface area contributed by atoms with Gasteiger partial charge in [0.05, 0.1) is 12.2 Å². The lowest BCUT2D eigenvalue weighted by Crippen LogP contribution is -2.25. The molecule has 0 aliphatic carbocycles. The summed E-state index contributed by atoms with van der Waals surface area (Å²) in [5.41, 5.74) is 2.39. The second kappa shape index (κ2) is 13.9. The van der Waals surface area contributed by atoms with E-state index in [1.165, 1.54) is 11.1 Å². The monoisotopic (exact) mass is 418 g/mol. The smallest absolute Gasteiger partial charge is 0.257 e. The highest BCUT2D eigenvalue weighted by molar-refractivity contribution is 7.80. The predicted molar refractivity (Wildman–Crippen MR) is 124 cm³/mol. The maximum atomic E-state index is 5.29. The third-order valence-electron chi connectivity index (χ3n) is 3.24. The van der Waals surface area contributed by atoms with Gasteiger partial charge in [-0.25, -0.2) is 0 Å². The third-order valence-corrected chi connectivity index (χ3v) is 3.73. The molecule has 0 aliphatic rings. The minimum absolute atomic E-state index is 0.130. The molecule has 28 heavy (non-hydrogen) atoms. The standard InChI is InChI=1S/2C11H15NOS/c2*1-9(2)13-11(14)12-8-10-6-4-3-5-7-10/h2*3-7,9H,8H2,1-2H3,(H,12,14). The predicted octanol–water partition coefficient (Wildman–Crippen LogP) is 4.97. The SMILES string of the molecule is CC(C)OC(=S)NCc1ccccc1.CC(C)OC(=S)NCc1ccccc1. The number of thiocarbonyl (C=S) groups is 2. The van der Waals surface area contributed by atoms with Crippen molar-refractivity contribution >= 4 is 34.8 Å². The van der Waals surface area contributed by atoms with Crippen LogP contribution in [-0.4, -0.2) is 22.6 Å². The van der Waals surface area contributed by atoms with E-state index in [1.807, 2.05) is 88.4 Å². The van der Waals surface area contributed by atoms with Crippen LogP contribution in [0, 0.1) is 0 Å². The van der Waals surface area contributed by atoms with Gasteiger partial charge in [-0.2, -0.15) is 0 Å². The molecule has 6 heteroatoms. The fourth-order valence-corrected chi connectivity index (χ4v) is 2.58. The fraction of sp³-hybridized carbons (Fsp3) is 0.364. The summed E-state index contributed by atoms with van der Waals surface area (Å²) in [6, 6.07) is 20.2.